The minimum Gasteiger partial charge on any atom is -0.370 e. The summed E-state index contributed by atoms with van der Waals surface area (Å²) >= 11 is 3.35. The molecule has 92 valence electrons. The number of H-pyrrole nitrogens is 1. The summed E-state index contributed by atoms with van der Waals surface area (Å²) in [5.41, 5.74) is 1.46. The van der Waals surface area contributed by atoms with Gasteiger partial charge in [-0.2, -0.15) is 0 Å². The summed E-state index contributed by atoms with van der Waals surface area (Å²) in [7, 11) is 0. The van der Waals surface area contributed by atoms with Gasteiger partial charge in [0.15, 0.2) is 0 Å². The number of halogens is 1. The molecule has 2 aromatic heterocycles. The van der Waals surface area contributed by atoms with Crippen LogP contribution in [0, 0.1) is 0 Å². The Labute approximate surface area is 112 Å². The van der Waals surface area contributed by atoms with Crippen LogP contribution in [0.3, 0.4) is 0 Å². The van der Waals surface area contributed by atoms with E-state index in [1.807, 2.05) is 6.07 Å². The zero-order chi connectivity index (χ0) is 12.5. The van der Waals surface area contributed by atoms with Crippen molar-refractivity contribution in [1.82, 2.24) is 15.0 Å². The minimum absolute atomic E-state index is 0.0674. The maximum Gasteiger partial charge on any atom is 0.256 e. The molecule has 2 N–H and O–H groups in total. The van der Waals surface area contributed by atoms with Gasteiger partial charge in [-0.15, -0.1) is 0 Å². The van der Waals surface area contributed by atoms with E-state index in [4.69, 9.17) is 0 Å². The monoisotopic (exact) mass is 306 g/mol. The van der Waals surface area contributed by atoms with E-state index < -0.39 is 0 Å². The summed E-state index contributed by atoms with van der Waals surface area (Å²) < 4.78 is 0.855. The number of rotatable bonds is 1. The maximum atomic E-state index is 12.0. The average molecular weight is 307 g/mol. The van der Waals surface area contributed by atoms with E-state index in [-0.39, 0.29) is 5.56 Å². The molecule has 1 aliphatic rings. The molecule has 0 amide bonds. The lowest BCUT2D eigenvalue weighted by molar-refractivity contribution is 0.800. The molecule has 0 atom stereocenters. The molecular formula is C12H11BrN4O. The molecule has 0 unspecified atom stereocenters. The normalized spacial score (nSPS) is 13.8. The molecule has 0 saturated heterocycles. The number of aromatic nitrogens is 3. The van der Waals surface area contributed by atoms with Crippen LogP contribution in [0.15, 0.2) is 27.7 Å². The van der Waals surface area contributed by atoms with Gasteiger partial charge in [0.1, 0.15) is 11.6 Å². The van der Waals surface area contributed by atoms with Crippen LogP contribution >= 0.6 is 15.9 Å². The van der Waals surface area contributed by atoms with Gasteiger partial charge in [0, 0.05) is 29.0 Å². The number of hydrogen-bond acceptors (Lipinski definition) is 4. The lowest BCUT2D eigenvalue weighted by atomic mass is 10.1. The Morgan fingerprint density at radius 1 is 1.33 bits per heavy atom. The second-order valence-electron chi connectivity index (χ2n) is 4.16. The highest BCUT2D eigenvalue weighted by atomic mass is 79.9. The van der Waals surface area contributed by atoms with Gasteiger partial charge in [0.05, 0.1) is 5.56 Å². The summed E-state index contributed by atoms with van der Waals surface area (Å²) in [6.45, 7) is 0.861. The predicted molar refractivity (Wildman–Crippen MR) is 72.6 cm³/mol. The molecule has 0 fully saturated rings. The summed E-state index contributed by atoms with van der Waals surface area (Å²) in [6, 6.07) is 1.88. The number of aromatic amines is 1. The number of anilines is 1. The first kappa shape index (κ1) is 11.4. The molecule has 0 bridgehead atoms. The third kappa shape index (κ3) is 2.03. The first-order valence-corrected chi connectivity index (χ1v) is 6.51. The molecule has 0 aliphatic carbocycles. The number of nitrogens with zero attached hydrogens (tertiary/aromatic N) is 2. The van der Waals surface area contributed by atoms with E-state index >= 15 is 0 Å². The van der Waals surface area contributed by atoms with Crippen molar-refractivity contribution >= 4 is 21.7 Å². The number of pyridine rings is 1. The molecule has 1 aliphatic heterocycles. The Hall–Kier alpha value is -1.69. The topological polar surface area (TPSA) is 70.7 Å². The molecule has 0 aromatic carbocycles. The van der Waals surface area contributed by atoms with Crippen LogP contribution in [0.2, 0.25) is 0 Å². The SMILES string of the molecule is O=c1[nH]c(-c2cncc(Br)c2)nc2c1CCCN2. The molecule has 5 nitrogen and oxygen atoms in total. The van der Waals surface area contributed by atoms with Gasteiger partial charge in [-0.3, -0.25) is 9.78 Å². The Morgan fingerprint density at radius 3 is 3.06 bits per heavy atom. The van der Waals surface area contributed by atoms with Crippen LogP contribution in [0.1, 0.15) is 12.0 Å². The highest BCUT2D eigenvalue weighted by Crippen LogP contribution is 2.21. The molecule has 0 radical (unpaired) electrons. The molecule has 3 rings (SSSR count). The summed E-state index contributed by atoms with van der Waals surface area (Å²) in [5.74, 6) is 1.24. The minimum atomic E-state index is -0.0674. The lowest BCUT2D eigenvalue weighted by Crippen LogP contribution is -2.24. The van der Waals surface area contributed by atoms with Gasteiger partial charge in [0.2, 0.25) is 0 Å². The molecule has 2 aromatic rings. The van der Waals surface area contributed by atoms with Crippen LogP contribution in [0.4, 0.5) is 5.82 Å². The van der Waals surface area contributed by atoms with E-state index in [9.17, 15) is 4.79 Å². The van der Waals surface area contributed by atoms with Crippen molar-refractivity contribution < 1.29 is 0 Å². The average Bonchev–Trinajstić information content (AvgIpc) is 2.39. The number of fused-ring (bicyclic) bond motifs is 1. The second kappa shape index (κ2) is 4.53. The van der Waals surface area contributed by atoms with Crippen LogP contribution in [-0.4, -0.2) is 21.5 Å². The largest absolute Gasteiger partial charge is 0.370 e. The van der Waals surface area contributed by atoms with Gasteiger partial charge in [-0.25, -0.2) is 4.98 Å². The molecule has 3 heterocycles. The van der Waals surface area contributed by atoms with Gasteiger partial charge in [-0.05, 0) is 34.8 Å². The summed E-state index contributed by atoms with van der Waals surface area (Å²) in [6.07, 6.45) is 5.12. The van der Waals surface area contributed by atoms with Crippen molar-refractivity contribution in [2.45, 2.75) is 12.8 Å². The van der Waals surface area contributed by atoms with Crippen molar-refractivity contribution in [3.05, 3.63) is 38.9 Å². The van der Waals surface area contributed by atoms with Gasteiger partial charge < -0.3 is 10.3 Å². The zero-order valence-electron chi connectivity index (χ0n) is 9.53. The first-order chi connectivity index (χ1) is 8.74. The standard InChI is InChI=1S/C12H11BrN4O/c13-8-4-7(5-14-6-8)10-16-11-9(12(18)17-10)2-1-3-15-11/h4-6H,1-3H2,(H2,15,16,17,18). The first-order valence-electron chi connectivity index (χ1n) is 5.72. The lowest BCUT2D eigenvalue weighted by Gasteiger charge is -2.16. The Balaban J connectivity index is 2.14. The second-order valence-corrected chi connectivity index (χ2v) is 5.08. The maximum absolute atomic E-state index is 12.0. The van der Waals surface area contributed by atoms with Gasteiger partial charge in [-0.1, -0.05) is 0 Å². The van der Waals surface area contributed by atoms with E-state index in [1.165, 1.54) is 0 Å². The fraction of sp³-hybridized carbons (Fsp3) is 0.250. The molecular weight excluding hydrogens is 296 g/mol. The third-order valence-corrected chi connectivity index (χ3v) is 3.32. The van der Waals surface area contributed by atoms with Crippen LogP contribution in [0.25, 0.3) is 11.4 Å². The van der Waals surface area contributed by atoms with Crippen LogP contribution < -0.4 is 10.9 Å². The fourth-order valence-electron chi connectivity index (χ4n) is 2.03. The summed E-state index contributed by atoms with van der Waals surface area (Å²) in [5, 5.41) is 3.16. The number of nitrogens with one attached hydrogen (secondary N) is 2. The molecule has 0 spiro atoms. The Bertz CT molecular complexity index is 653. The van der Waals surface area contributed by atoms with Crippen molar-refractivity contribution in [2.24, 2.45) is 0 Å². The van der Waals surface area contributed by atoms with Crippen molar-refractivity contribution in [2.75, 3.05) is 11.9 Å². The van der Waals surface area contributed by atoms with Gasteiger partial charge in [0.25, 0.3) is 5.56 Å². The van der Waals surface area contributed by atoms with Crippen molar-refractivity contribution in [3.63, 3.8) is 0 Å². The van der Waals surface area contributed by atoms with Crippen LogP contribution in [-0.2, 0) is 6.42 Å². The highest BCUT2D eigenvalue weighted by molar-refractivity contribution is 9.10. The molecule has 6 heteroatoms. The van der Waals surface area contributed by atoms with E-state index in [0.29, 0.717) is 11.6 Å². The van der Waals surface area contributed by atoms with Crippen LogP contribution in [0.5, 0.6) is 0 Å². The quantitative estimate of drug-likeness (QED) is 0.845. The number of hydrogen-bond donors (Lipinski definition) is 2. The third-order valence-electron chi connectivity index (χ3n) is 2.89. The zero-order valence-corrected chi connectivity index (χ0v) is 11.1. The van der Waals surface area contributed by atoms with Gasteiger partial charge >= 0.3 is 0 Å². The molecule has 0 saturated carbocycles. The fourth-order valence-corrected chi connectivity index (χ4v) is 2.39. The Morgan fingerprint density at radius 2 is 2.22 bits per heavy atom. The Kier molecular flexibility index (Phi) is 2.87. The smallest absolute Gasteiger partial charge is 0.256 e. The highest BCUT2D eigenvalue weighted by Gasteiger charge is 2.15. The van der Waals surface area contributed by atoms with Crippen molar-refractivity contribution in [1.29, 1.82) is 0 Å². The van der Waals surface area contributed by atoms with E-state index in [1.54, 1.807) is 12.4 Å². The molecule has 18 heavy (non-hydrogen) atoms. The van der Waals surface area contributed by atoms with E-state index in [2.05, 4.69) is 36.2 Å². The van der Waals surface area contributed by atoms with E-state index in [0.717, 1.165) is 35.0 Å². The van der Waals surface area contributed by atoms with Crippen molar-refractivity contribution in [3.8, 4) is 11.4 Å². The summed E-state index contributed by atoms with van der Waals surface area (Å²) in [4.78, 5) is 23.3. The predicted octanol–water partition coefficient (Wildman–Crippen LogP) is 1.95.